The molecule has 80 valence electrons. The van der Waals surface area contributed by atoms with Crippen LogP contribution in [-0.2, 0) is 0 Å². The molecular weight excluding hydrogens is 192 g/mol. The van der Waals surface area contributed by atoms with Crippen LogP contribution in [0.5, 0.6) is 5.88 Å². The van der Waals surface area contributed by atoms with Gasteiger partial charge in [0.25, 0.3) is 0 Å². The average molecular weight is 206 g/mol. The van der Waals surface area contributed by atoms with Gasteiger partial charge in [0.1, 0.15) is 11.5 Å². The van der Waals surface area contributed by atoms with Crippen LogP contribution < -0.4 is 4.74 Å². The first-order chi connectivity index (χ1) is 7.19. The van der Waals surface area contributed by atoms with Crippen molar-refractivity contribution in [1.82, 2.24) is 9.97 Å². The van der Waals surface area contributed by atoms with Gasteiger partial charge in [0.2, 0.25) is 5.88 Å². The van der Waals surface area contributed by atoms with Gasteiger partial charge < -0.3 is 4.74 Å². The predicted molar refractivity (Wildman–Crippen MR) is 55.2 cm³/mol. The third-order valence-electron chi connectivity index (χ3n) is 2.16. The van der Waals surface area contributed by atoms with Crippen LogP contribution in [0.4, 0.5) is 0 Å². The molecule has 1 aliphatic carbocycles. The SMILES string of the molecule is CC(C)Oc1cc(C=O)nc(C2CC2)n1. The van der Waals surface area contributed by atoms with Crippen LogP contribution in [0, 0.1) is 0 Å². The second-order valence-corrected chi connectivity index (χ2v) is 4.05. The lowest BCUT2D eigenvalue weighted by Crippen LogP contribution is -2.09. The minimum atomic E-state index is 0.0615. The number of rotatable bonds is 4. The zero-order valence-electron chi connectivity index (χ0n) is 8.93. The van der Waals surface area contributed by atoms with Gasteiger partial charge in [0.15, 0.2) is 6.29 Å². The van der Waals surface area contributed by atoms with Crippen molar-refractivity contribution in [3.05, 3.63) is 17.6 Å². The molecule has 0 spiro atoms. The summed E-state index contributed by atoms with van der Waals surface area (Å²) in [5, 5.41) is 0. The van der Waals surface area contributed by atoms with Gasteiger partial charge in [-0.25, -0.2) is 4.98 Å². The number of ether oxygens (including phenoxy) is 1. The quantitative estimate of drug-likeness (QED) is 0.706. The van der Waals surface area contributed by atoms with Gasteiger partial charge >= 0.3 is 0 Å². The average Bonchev–Trinajstić information content (AvgIpc) is 2.99. The highest BCUT2D eigenvalue weighted by Gasteiger charge is 2.27. The molecule has 1 aromatic heterocycles. The third kappa shape index (κ3) is 2.52. The molecule has 0 saturated heterocycles. The fourth-order valence-electron chi connectivity index (χ4n) is 1.35. The van der Waals surface area contributed by atoms with Crippen molar-refractivity contribution in [2.75, 3.05) is 0 Å². The minimum absolute atomic E-state index is 0.0615. The number of carbonyl (C=O) groups is 1. The minimum Gasteiger partial charge on any atom is -0.475 e. The summed E-state index contributed by atoms with van der Waals surface area (Å²) in [5.74, 6) is 1.68. The summed E-state index contributed by atoms with van der Waals surface area (Å²) in [7, 11) is 0. The molecule has 0 bridgehead atoms. The maximum absolute atomic E-state index is 10.7. The first-order valence-corrected chi connectivity index (χ1v) is 5.20. The van der Waals surface area contributed by atoms with Crippen LogP contribution in [0.3, 0.4) is 0 Å². The molecule has 1 aliphatic rings. The maximum atomic E-state index is 10.7. The zero-order chi connectivity index (χ0) is 10.8. The van der Waals surface area contributed by atoms with Crippen molar-refractivity contribution >= 4 is 6.29 Å². The molecule has 0 amide bonds. The lowest BCUT2D eigenvalue weighted by molar-refractivity contribution is 0.111. The largest absolute Gasteiger partial charge is 0.475 e. The van der Waals surface area contributed by atoms with E-state index in [0.29, 0.717) is 17.5 Å². The summed E-state index contributed by atoms with van der Waals surface area (Å²) in [4.78, 5) is 19.1. The Labute approximate surface area is 88.7 Å². The normalized spacial score (nSPS) is 15.4. The molecule has 1 saturated carbocycles. The zero-order valence-corrected chi connectivity index (χ0v) is 8.93. The Morgan fingerprint density at radius 2 is 2.20 bits per heavy atom. The highest BCUT2D eigenvalue weighted by molar-refractivity contribution is 5.72. The summed E-state index contributed by atoms with van der Waals surface area (Å²) in [5.41, 5.74) is 0.405. The molecule has 1 fully saturated rings. The van der Waals surface area contributed by atoms with Crippen LogP contribution in [-0.4, -0.2) is 22.4 Å². The van der Waals surface area contributed by atoms with Crippen LogP contribution in [0.2, 0.25) is 0 Å². The van der Waals surface area contributed by atoms with E-state index in [1.807, 2.05) is 13.8 Å². The summed E-state index contributed by atoms with van der Waals surface area (Å²) < 4.78 is 5.47. The number of carbonyl (C=O) groups excluding carboxylic acids is 1. The van der Waals surface area contributed by atoms with Gasteiger partial charge in [-0.2, -0.15) is 4.98 Å². The molecule has 1 aromatic rings. The summed E-state index contributed by atoms with van der Waals surface area (Å²) in [6.45, 7) is 3.86. The Hall–Kier alpha value is -1.45. The Balaban J connectivity index is 2.28. The molecule has 15 heavy (non-hydrogen) atoms. The lowest BCUT2D eigenvalue weighted by Gasteiger charge is -2.09. The lowest BCUT2D eigenvalue weighted by atomic mass is 10.3. The second-order valence-electron chi connectivity index (χ2n) is 4.05. The van der Waals surface area contributed by atoms with Crippen LogP contribution in [0.25, 0.3) is 0 Å². The van der Waals surface area contributed by atoms with E-state index in [1.54, 1.807) is 6.07 Å². The molecule has 0 aromatic carbocycles. The Bertz CT molecular complexity index is 373. The molecule has 0 radical (unpaired) electrons. The van der Waals surface area contributed by atoms with Gasteiger partial charge in [-0.3, -0.25) is 4.79 Å². The molecule has 0 N–H and O–H groups in total. The van der Waals surface area contributed by atoms with Crippen molar-refractivity contribution in [2.24, 2.45) is 0 Å². The Morgan fingerprint density at radius 3 is 2.73 bits per heavy atom. The summed E-state index contributed by atoms with van der Waals surface area (Å²) in [6.07, 6.45) is 3.03. The molecular formula is C11H14N2O2. The number of hydrogen-bond acceptors (Lipinski definition) is 4. The fourth-order valence-corrected chi connectivity index (χ4v) is 1.35. The molecule has 4 nitrogen and oxygen atoms in total. The number of hydrogen-bond donors (Lipinski definition) is 0. The highest BCUT2D eigenvalue weighted by Crippen LogP contribution is 2.38. The van der Waals surface area contributed by atoms with Gasteiger partial charge in [0, 0.05) is 12.0 Å². The van der Waals surface area contributed by atoms with Crippen LogP contribution >= 0.6 is 0 Å². The van der Waals surface area contributed by atoms with Crippen molar-refractivity contribution in [2.45, 2.75) is 38.7 Å². The fraction of sp³-hybridized carbons (Fsp3) is 0.545. The van der Waals surface area contributed by atoms with E-state index in [2.05, 4.69) is 9.97 Å². The molecule has 0 unspecified atom stereocenters. The van der Waals surface area contributed by atoms with Gasteiger partial charge in [-0.1, -0.05) is 0 Å². The molecule has 1 heterocycles. The molecule has 0 atom stereocenters. The van der Waals surface area contributed by atoms with Crippen molar-refractivity contribution < 1.29 is 9.53 Å². The van der Waals surface area contributed by atoms with E-state index in [0.717, 1.165) is 25.0 Å². The summed E-state index contributed by atoms with van der Waals surface area (Å²) in [6, 6.07) is 1.58. The van der Waals surface area contributed by atoms with E-state index >= 15 is 0 Å². The second kappa shape index (κ2) is 3.96. The van der Waals surface area contributed by atoms with E-state index in [9.17, 15) is 4.79 Å². The third-order valence-corrected chi connectivity index (χ3v) is 2.16. The predicted octanol–water partition coefficient (Wildman–Crippen LogP) is 1.95. The van der Waals surface area contributed by atoms with Gasteiger partial charge in [0.05, 0.1) is 6.10 Å². The first-order valence-electron chi connectivity index (χ1n) is 5.20. The van der Waals surface area contributed by atoms with Crippen molar-refractivity contribution in [1.29, 1.82) is 0 Å². The first kappa shape index (κ1) is 10.1. The highest BCUT2D eigenvalue weighted by atomic mass is 16.5. The van der Waals surface area contributed by atoms with Crippen LogP contribution in [0.1, 0.15) is 48.9 Å². The van der Waals surface area contributed by atoms with E-state index in [1.165, 1.54) is 0 Å². The van der Waals surface area contributed by atoms with Gasteiger partial charge in [-0.15, -0.1) is 0 Å². The Morgan fingerprint density at radius 1 is 1.47 bits per heavy atom. The molecule has 0 aliphatic heterocycles. The van der Waals surface area contributed by atoms with Crippen LogP contribution in [0.15, 0.2) is 6.07 Å². The number of nitrogens with zero attached hydrogens (tertiary/aromatic N) is 2. The number of aromatic nitrogens is 2. The van der Waals surface area contributed by atoms with E-state index < -0.39 is 0 Å². The molecule has 4 heteroatoms. The van der Waals surface area contributed by atoms with Gasteiger partial charge in [-0.05, 0) is 26.7 Å². The van der Waals surface area contributed by atoms with E-state index in [4.69, 9.17) is 4.74 Å². The Kier molecular flexibility index (Phi) is 2.66. The van der Waals surface area contributed by atoms with Crippen molar-refractivity contribution in [3.8, 4) is 5.88 Å². The number of aldehydes is 1. The van der Waals surface area contributed by atoms with Crippen molar-refractivity contribution in [3.63, 3.8) is 0 Å². The standard InChI is InChI=1S/C11H14N2O2/c1-7(2)15-10-5-9(6-14)12-11(13-10)8-3-4-8/h5-8H,3-4H2,1-2H3. The maximum Gasteiger partial charge on any atom is 0.217 e. The topological polar surface area (TPSA) is 52.1 Å². The summed E-state index contributed by atoms with van der Waals surface area (Å²) >= 11 is 0. The molecule has 2 rings (SSSR count). The monoisotopic (exact) mass is 206 g/mol. The smallest absolute Gasteiger partial charge is 0.217 e. The van der Waals surface area contributed by atoms with E-state index in [-0.39, 0.29) is 6.10 Å².